The van der Waals surface area contributed by atoms with Crippen LogP contribution in [-0.4, -0.2) is 32.4 Å². The van der Waals surface area contributed by atoms with Gasteiger partial charge in [0.05, 0.1) is 12.8 Å². The minimum atomic E-state index is -0.559. The van der Waals surface area contributed by atoms with Gasteiger partial charge < -0.3 is 9.84 Å². The zero-order valence-electron chi connectivity index (χ0n) is 16.8. The molecule has 0 aliphatic rings. The average molecular weight is 393 g/mol. The molecule has 0 saturated carbocycles. The second-order valence-corrected chi connectivity index (χ2v) is 7.36. The smallest absolute Gasteiger partial charge is 0.343 e. The molecule has 150 valence electrons. The van der Waals surface area contributed by atoms with E-state index in [-0.39, 0.29) is 29.2 Å². The monoisotopic (exact) mass is 393 g/mol. The largest absolute Gasteiger partial charge is 0.506 e. The Labute approximate surface area is 168 Å². The van der Waals surface area contributed by atoms with Gasteiger partial charge in [-0.05, 0) is 42.2 Å². The molecule has 0 aliphatic heterocycles. The zero-order chi connectivity index (χ0) is 21.0. The highest BCUT2D eigenvalue weighted by Gasteiger charge is 2.21. The molecule has 0 fully saturated rings. The van der Waals surface area contributed by atoms with Crippen LogP contribution in [-0.2, 0) is 10.2 Å². The number of azo groups is 1. The van der Waals surface area contributed by atoms with Gasteiger partial charge >= 0.3 is 5.97 Å². The van der Waals surface area contributed by atoms with Crippen LogP contribution >= 0.6 is 0 Å². The van der Waals surface area contributed by atoms with Crippen molar-refractivity contribution in [1.29, 1.82) is 0 Å². The maximum absolute atomic E-state index is 12.3. The van der Waals surface area contributed by atoms with Gasteiger partial charge in [0.25, 0.3) is 0 Å². The lowest BCUT2D eigenvalue weighted by molar-refractivity contribution is 0.0527. The van der Waals surface area contributed by atoms with Crippen molar-refractivity contribution in [3.63, 3.8) is 0 Å². The minimum Gasteiger partial charge on any atom is -0.506 e. The van der Waals surface area contributed by atoms with Gasteiger partial charge in [-0.1, -0.05) is 32.9 Å². The number of aromatic hydroxyl groups is 1. The maximum Gasteiger partial charge on any atom is 0.343 e. The third kappa shape index (κ3) is 4.48. The van der Waals surface area contributed by atoms with E-state index in [4.69, 9.17) is 4.74 Å². The van der Waals surface area contributed by atoms with Crippen LogP contribution in [0.4, 0.5) is 11.5 Å². The van der Waals surface area contributed by atoms with Gasteiger partial charge in [-0.3, -0.25) is 0 Å². The van der Waals surface area contributed by atoms with Gasteiger partial charge in [0.15, 0.2) is 11.6 Å². The summed E-state index contributed by atoms with van der Waals surface area (Å²) in [5.41, 5.74) is 1.32. The molecule has 0 bridgehead atoms. The molecule has 8 nitrogen and oxygen atoms in total. The Balaban J connectivity index is 2.08. The molecule has 0 saturated heterocycles. The van der Waals surface area contributed by atoms with Crippen molar-refractivity contribution in [2.24, 2.45) is 10.2 Å². The van der Waals surface area contributed by atoms with E-state index in [9.17, 15) is 9.90 Å². The standard InChI is InChI=1S/C21H23N5O3/c1-5-29-20(28)15-13-23-26(18-8-6-7-11-22-18)19(15)25-24-16-12-14(21(2,3)4)9-10-17(16)27/h6-13,27H,5H2,1-4H3. The van der Waals surface area contributed by atoms with E-state index in [1.807, 2.05) is 6.07 Å². The number of aromatic nitrogens is 3. The van der Waals surface area contributed by atoms with Crippen LogP contribution in [0.3, 0.4) is 0 Å². The van der Waals surface area contributed by atoms with Gasteiger partial charge in [0.1, 0.15) is 17.0 Å². The first-order valence-corrected chi connectivity index (χ1v) is 9.23. The highest BCUT2D eigenvalue weighted by Crippen LogP contribution is 2.34. The predicted molar refractivity (Wildman–Crippen MR) is 108 cm³/mol. The molecule has 3 rings (SSSR count). The Hall–Kier alpha value is -3.55. The molecule has 8 heteroatoms. The van der Waals surface area contributed by atoms with E-state index < -0.39 is 5.97 Å². The summed E-state index contributed by atoms with van der Waals surface area (Å²) in [6.45, 7) is 8.14. The fourth-order valence-electron chi connectivity index (χ4n) is 2.61. The van der Waals surface area contributed by atoms with Gasteiger partial charge in [-0.2, -0.15) is 9.78 Å². The van der Waals surface area contributed by atoms with E-state index in [0.717, 1.165) is 5.56 Å². The van der Waals surface area contributed by atoms with Crippen molar-refractivity contribution in [2.75, 3.05) is 6.61 Å². The van der Waals surface area contributed by atoms with Gasteiger partial charge in [0, 0.05) is 6.20 Å². The molecule has 1 N–H and O–H groups in total. The lowest BCUT2D eigenvalue weighted by Gasteiger charge is -2.19. The molecule has 3 aromatic rings. The number of hydrogen-bond acceptors (Lipinski definition) is 7. The fourth-order valence-corrected chi connectivity index (χ4v) is 2.61. The summed E-state index contributed by atoms with van der Waals surface area (Å²) in [5.74, 6) is 0.0759. The first-order chi connectivity index (χ1) is 13.8. The molecule has 2 heterocycles. The number of esters is 1. The zero-order valence-corrected chi connectivity index (χ0v) is 16.8. The molecular formula is C21H23N5O3. The number of carbonyl (C=O) groups excluding carboxylic acids is 1. The molecule has 0 atom stereocenters. The van der Waals surface area contributed by atoms with E-state index in [1.54, 1.807) is 43.5 Å². The first-order valence-electron chi connectivity index (χ1n) is 9.23. The van der Waals surface area contributed by atoms with Crippen molar-refractivity contribution in [3.8, 4) is 11.6 Å². The SMILES string of the molecule is CCOC(=O)c1cnn(-c2ccccn2)c1N=Nc1cc(C(C)(C)C)ccc1O. The van der Waals surface area contributed by atoms with Gasteiger partial charge in [0.2, 0.25) is 0 Å². The van der Waals surface area contributed by atoms with E-state index in [2.05, 4.69) is 41.1 Å². The van der Waals surface area contributed by atoms with Crippen LogP contribution in [0, 0.1) is 0 Å². The second-order valence-electron chi connectivity index (χ2n) is 7.36. The average Bonchev–Trinajstić information content (AvgIpc) is 3.11. The Bertz CT molecular complexity index is 1040. The number of phenolic OH excluding ortho intramolecular Hbond substituents is 1. The molecule has 0 aliphatic carbocycles. The van der Waals surface area contributed by atoms with Crippen LogP contribution in [0.15, 0.2) is 59.0 Å². The maximum atomic E-state index is 12.3. The quantitative estimate of drug-likeness (QED) is 0.492. The molecule has 1 aromatic carbocycles. The summed E-state index contributed by atoms with van der Waals surface area (Å²) in [6.07, 6.45) is 2.98. The summed E-state index contributed by atoms with van der Waals surface area (Å²) in [6, 6.07) is 10.5. The third-order valence-electron chi connectivity index (χ3n) is 4.20. The number of carbonyl (C=O) groups is 1. The van der Waals surface area contributed by atoms with Crippen molar-refractivity contribution >= 4 is 17.5 Å². The molecule has 0 unspecified atom stereocenters. The number of ether oxygens (including phenoxy) is 1. The van der Waals surface area contributed by atoms with E-state index in [0.29, 0.717) is 11.5 Å². The van der Waals surface area contributed by atoms with Crippen molar-refractivity contribution < 1.29 is 14.6 Å². The number of nitrogens with zero attached hydrogens (tertiary/aromatic N) is 5. The summed E-state index contributed by atoms with van der Waals surface area (Å²) < 4.78 is 6.50. The van der Waals surface area contributed by atoms with Crippen molar-refractivity contribution in [3.05, 3.63) is 59.9 Å². The molecule has 0 spiro atoms. The minimum absolute atomic E-state index is 0.0108. The van der Waals surface area contributed by atoms with E-state index >= 15 is 0 Å². The summed E-state index contributed by atoms with van der Waals surface area (Å²) in [5, 5.41) is 22.8. The molecule has 29 heavy (non-hydrogen) atoms. The fraction of sp³-hybridized carbons (Fsp3) is 0.286. The Morgan fingerprint density at radius 2 is 2.00 bits per heavy atom. The molecule has 0 amide bonds. The molecule has 0 radical (unpaired) electrons. The van der Waals surface area contributed by atoms with Crippen LogP contribution in [0.1, 0.15) is 43.6 Å². The lowest BCUT2D eigenvalue weighted by Crippen LogP contribution is -2.10. The van der Waals surface area contributed by atoms with Crippen LogP contribution in [0.25, 0.3) is 5.82 Å². The first kappa shape index (κ1) is 20.2. The molecular weight excluding hydrogens is 370 g/mol. The predicted octanol–water partition coefficient (Wildman–Crippen LogP) is 4.86. The van der Waals surface area contributed by atoms with Crippen LogP contribution in [0.5, 0.6) is 5.75 Å². The Kier molecular flexibility index (Phi) is 5.72. The van der Waals surface area contributed by atoms with Crippen LogP contribution in [0.2, 0.25) is 0 Å². The summed E-state index contributed by atoms with van der Waals surface area (Å²) >= 11 is 0. The number of benzene rings is 1. The number of rotatable bonds is 5. The normalized spacial score (nSPS) is 11.7. The number of phenols is 1. The second kappa shape index (κ2) is 8.22. The van der Waals surface area contributed by atoms with E-state index in [1.165, 1.54) is 10.9 Å². The number of hydrogen-bond donors (Lipinski definition) is 1. The van der Waals surface area contributed by atoms with Gasteiger partial charge in [-0.25, -0.2) is 9.78 Å². The topological polar surface area (TPSA) is 102 Å². The third-order valence-corrected chi connectivity index (χ3v) is 4.20. The summed E-state index contributed by atoms with van der Waals surface area (Å²) in [4.78, 5) is 16.6. The van der Waals surface area contributed by atoms with Crippen molar-refractivity contribution in [2.45, 2.75) is 33.1 Å². The highest BCUT2D eigenvalue weighted by molar-refractivity contribution is 5.94. The summed E-state index contributed by atoms with van der Waals surface area (Å²) in [7, 11) is 0. The van der Waals surface area contributed by atoms with Crippen molar-refractivity contribution in [1.82, 2.24) is 14.8 Å². The molecule has 2 aromatic heterocycles. The van der Waals surface area contributed by atoms with Crippen LogP contribution < -0.4 is 0 Å². The lowest BCUT2D eigenvalue weighted by atomic mass is 9.87. The van der Waals surface area contributed by atoms with Gasteiger partial charge in [-0.15, -0.1) is 10.2 Å². The Morgan fingerprint density at radius 3 is 2.66 bits per heavy atom. The highest BCUT2D eigenvalue weighted by atomic mass is 16.5. The Morgan fingerprint density at radius 1 is 1.21 bits per heavy atom. The number of pyridine rings is 1.